The standard InChI is InChI=1S/C8H3BrF2N2O/c9-7-4(1-12)6(3-14)5(2-13-7)8(10)11/h2-3,8H. The van der Waals surface area contributed by atoms with Crippen LogP contribution in [0.1, 0.15) is 27.9 Å². The molecule has 1 heterocycles. The quantitative estimate of drug-likeness (QED) is 0.607. The van der Waals surface area contributed by atoms with Crippen molar-refractivity contribution in [1.29, 1.82) is 5.26 Å². The second kappa shape index (κ2) is 4.24. The molecule has 0 saturated carbocycles. The number of hydrogen-bond acceptors (Lipinski definition) is 3. The van der Waals surface area contributed by atoms with E-state index in [4.69, 9.17) is 5.26 Å². The van der Waals surface area contributed by atoms with Crippen molar-refractivity contribution < 1.29 is 13.6 Å². The average molecular weight is 261 g/mol. The highest BCUT2D eigenvalue weighted by molar-refractivity contribution is 9.10. The number of hydrogen-bond donors (Lipinski definition) is 0. The zero-order valence-electron chi connectivity index (χ0n) is 6.67. The highest BCUT2D eigenvalue weighted by atomic mass is 79.9. The molecular formula is C8H3BrF2N2O. The lowest BCUT2D eigenvalue weighted by Gasteiger charge is -2.05. The van der Waals surface area contributed by atoms with Crippen molar-refractivity contribution in [3.05, 3.63) is 27.5 Å². The van der Waals surface area contributed by atoms with Crippen LogP contribution in [0.3, 0.4) is 0 Å². The van der Waals surface area contributed by atoms with Crippen molar-refractivity contribution in [3.63, 3.8) is 0 Å². The van der Waals surface area contributed by atoms with Crippen LogP contribution < -0.4 is 0 Å². The summed E-state index contributed by atoms with van der Waals surface area (Å²) in [6.45, 7) is 0. The van der Waals surface area contributed by atoms with Gasteiger partial charge >= 0.3 is 0 Å². The van der Waals surface area contributed by atoms with Crippen LogP contribution in [0.25, 0.3) is 0 Å². The van der Waals surface area contributed by atoms with Crippen LogP contribution in [-0.4, -0.2) is 11.3 Å². The number of carbonyl (C=O) groups is 1. The van der Waals surface area contributed by atoms with Gasteiger partial charge in [-0.15, -0.1) is 0 Å². The summed E-state index contributed by atoms with van der Waals surface area (Å²) < 4.78 is 24.8. The van der Waals surface area contributed by atoms with Gasteiger partial charge in [0.1, 0.15) is 10.7 Å². The molecule has 0 aliphatic carbocycles. The van der Waals surface area contributed by atoms with E-state index in [1.165, 1.54) is 0 Å². The summed E-state index contributed by atoms with van der Waals surface area (Å²) in [6, 6.07) is 1.64. The zero-order chi connectivity index (χ0) is 10.7. The molecular weight excluding hydrogens is 258 g/mol. The number of pyridine rings is 1. The van der Waals surface area contributed by atoms with Gasteiger partial charge in [0, 0.05) is 17.3 Å². The molecule has 0 atom stereocenters. The van der Waals surface area contributed by atoms with Crippen molar-refractivity contribution in [1.82, 2.24) is 4.98 Å². The molecule has 72 valence electrons. The molecule has 0 aliphatic heterocycles. The first-order valence-electron chi connectivity index (χ1n) is 3.43. The summed E-state index contributed by atoms with van der Waals surface area (Å²) in [5.74, 6) is 0. The Kier molecular flexibility index (Phi) is 3.25. The fourth-order valence-electron chi connectivity index (χ4n) is 0.923. The Morgan fingerprint density at radius 1 is 1.64 bits per heavy atom. The number of nitrogens with zero attached hydrogens (tertiary/aromatic N) is 2. The Morgan fingerprint density at radius 3 is 2.71 bits per heavy atom. The maximum absolute atomic E-state index is 12.3. The normalized spacial score (nSPS) is 9.93. The smallest absolute Gasteiger partial charge is 0.266 e. The predicted molar refractivity (Wildman–Crippen MR) is 47.0 cm³/mol. The van der Waals surface area contributed by atoms with Gasteiger partial charge in [0.15, 0.2) is 6.29 Å². The molecule has 0 N–H and O–H groups in total. The van der Waals surface area contributed by atoms with Crippen molar-refractivity contribution in [3.8, 4) is 6.07 Å². The SMILES string of the molecule is N#Cc1c(Br)ncc(C(F)F)c1C=O. The minimum Gasteiger partial charge on any atom is -0.298 e. The van der Waals surface area contributed by atoms with Gasteiger partial charge in [-0.3, -0.25) is 4.79 Å². The maximum Gasteiger partial charge on any atom is 0.266 e. The van der Waals surface area contributed by atoms with Crippen LogP contribution in [0, 0.1) is 11.3 Å². The Labute approximate surface area is 86.5 Å². The maximum atomic E-state index is 12.3. The first-order valence-corrected chi connectivity index (χ1v) is 4.23. The second-order valence-corrected chi connectivity index (χ2v) is 3.07. The molecule has 0 saturated heterocycles. The summed E-state index contributed by atoms with van der Waals surface area (Å²) in [7, 11) is 0. The van der Waals surface area contributed by atoms with Crippen LogP contribution in [0.2, 0.25) is 0 Å². The fraction of sp³-hybridized carbons (Fsp3) is 0.125. The lowest BCUT2D eigenvalue weighted by atomic mass is 10.1. The molecule has 0 unspecified atom stereocenters. The third-order valence-corrected chi connectivity index (χ3v) is 2.17. The van der Waals surface area contributed by atoms with E-state index < -0.39 is 12.0 Å². The summed E-state index contributed by atoms with van der Waals surface area (Å²) in [5.41, 5.74) is -1.01. The molecule has 0 spiro atoms. The first kappa shape index (κ1) is 10.7. The van der Waals surface area contributed by atoms with Crippen LogP contribution in [0.4, 0.5) is 8.78 Å². The van der Waals surface area contributed by atoms with Crippen molar-refractivity contribution in [2.45, 2.75) is 6.43 Å². The number of carbonyl (C=O) groups excluding carboxylic acids is 1. The van der Waals surface area contributed by atoms with Gasteiger partial charge in [-0.2, -0.15) is 5.26 Å². The number of nitriles is 1. The molecule has 0 amide bonds. The molecule has 0 bridgehead atoms. The van der Waals surface area contributed by atoms with Gasteiger partial charge in [0.25, 0.3) is 6.43 Å². The Bertz CT molecular complexity index is 415. The fourth-order valence-corrected chi connectivity index (χ4v) is 1.33. The summed E-state index contributed by atoms with van der Waals surface area (Å²) >= 11 is 2.89. The van der Waals surface area contributed by atoms with Crippen molar-refractivity contribution >= 4 is 22.2 Å². The summed E-state index contributed by atoms with van der Waals surface area (Å²) in [4.78, 5) is 14.1. The Hall–Kier alpha value is -1.35. The van der Waals surface area contributed by atoms with Gasteiger partial charge in [0.05, 0.1) is 5.56 Å². The summed E-state index contributed by atoms with van der Waals surface area (Å²) in [5, 5.41) is 8.61. The lowest BCUT2D eigenvalue weighted by molar-refractivity contribution is 0.110. The van der Waals surface area contributed by atoms with Crippen molar-refractivity contribution in [2.24, 2.45) is 0 Å². The van der Waals surface area contributed by atoms with E-state index in [-0.39, 0.29) is 22.0 Å². The Morgan fingerprint density at radius 2 is 2.29 bits per heavy atom. The monoisotopic (exact) mass is 260 g/mol. The van der Waals surface area contributed by atoms with E-state index in [0.29, 0.717) is 0 Å². The highest BCUT2D eigenvalue weighted by Gasteiger charge is 2.18. The lowest BCUT2D eigenvalue weighted by Crippen LogP contribution is -2.00. The van der Waals surface area contributed by atoms with Gasteiger partial charge in [-0.1, -0.05) is 0 Å². The van der Waals surface area contributed by atoms with E-state index in [2.05, 4.69) is 20.9 Å². The van der Waals surface area contributed by atoms with Gasteiger partial charge in [-0.25, -0.2) is 13.8 Å². The van der Waals surface area contributed by atoms with E-state index in [9.17, 15) is 13.6 Å². The van der Waals surface area contributed by atoms with Crippen LogP contribution >= 0.6 is 15.9 Å². The van der Waals surface area contributed by atoms with E-state index >= 15 is 0 Å². The topological polar surface area (TPSA) is 53.8 Å². The van der Waals surface area contributed by atoms with Gasteiger partial charge < -0.3 is 0 Å². The average Bonchev–Trinajstić information content (AvgIpc) is 2.16. The molecule has 1 aromatic rings. The minimum absolute atomic E-state index is 0.0894. The number of alkyl halides is 2. The third-order valence-electron chi connectivity index (χ3n) is 1.57. The molecule has 3 nitrogen and oxygen atoms in total. The highest BCUT2D eigenvalue weighted by Crippen LogP contribution is 2.26. The second-order valence-electron chi connectivity index (χ2n) is 2.32. The van der Waals surface area contributed by atoms with Crippen LogP contribution in [0.15, 0.2) is 10.8 Å². The molecule has 0 fully saturated rings. The predicted octanol–water partition coefficient (Wildman–Crippen LogP) is 2.47. The molecule has 0 aromatic carbocycles. The third kappa shape index (κ3) is 1.77. The summed E-state index contributed by atoms with van der Waals surface area (Å²) in [6.07, 6.45) is -1.71. The van der Waals surface area contributed by atoms with Gasteiger partial charge in [0.2, 0.25) is 0 Å². The number of aromatic nitrogens is 1. The van der Waals surface area contributed by atoms with Crippen molar-refractivity contribution in [2.75, 3.05) is 0 Å². The number of rotatable bonds is 2. The molecule has 14 heavy (non-hydrogen) atoms. The largest absolute Gasteiger partial charge is 0.298 e. The Balaban J connectivity index is 3.50. The van der Waals surface area contributed by atoms with Crippen LogP contribution in [0.5, 0.6) is 0 Å². The minimum atomic E-state index is -2.82. The van der Waals surface area contributed by atoms with E-state index in [1.54, 1.807) is 6.07 Å². The number of halogens is 3. The molecule has 0 radical (unpaired) electrons. The molecule has 6 heteroatoms. The van der Waals surface area contributed by atoms with Crippen LogP contribution in [-0.2, 0) is 0 Å². The molecule has 0 aliphatic rings. The van der Waals surface area contributed by atoms with E-state index in [0.717, 1.165) is 6.20 Å². The first-order chi connectivity index (χ1) is 6.61. The zero-order valence-corrected chi connectivity index (χ0v) is 8.25. The molecule has 1 rings (SSSR count). The number of aldehydes is 1. The van der Waals surface area contributed by atoms with E-state index in [1.807, 2.05) is 0 Å². The molecule has 1 aromatic heterocycles. The van der Waals surface area contributed by atoms with Gasteiger partial charge in [-0.05, 0) is 15.9 Å².